The molecule has 3 N–H and O–H groups in total. The molecule has 1 aliphatic heterocycles. The van der Waals surface area contributed by atoms with Crippen LogP contribution >= 0.6 is 0 Å². The van der Waals surface area contributed by atoms with Crippen molar-refractivity contribution >= 4 is 11.8 Å². The van der Waals surface area contributed by atoms with E-state index < -0.39 is 0 Å². The van der Waals surface area contributed by atoms with Crippen LogP contribution in [0.25, 0.3) is 0 Å². The van der Waals surface area contributed by atoms with E-state index in [4.69, 9.17) is 0 Å². The molecule has 0 aliphatic carbocycles. The highest BCUT2D eigenvalue weighted by Crippen LogP contribution is 2.15. The van der Waals surface area contributed by atoms with Crippen molar-refractivity contribution < 1.29 is 9.59 Å². The van der Waals surface area contributed by atoms with Gasteiger partial charge in [0.05, 0.1) is 5.92 Å². The molecule has 0 saturated carbocycles. The SMILES string of the molecule is CC(C)CNC(=O)CCNC(=O)C1CNCC(C)C1. The van der Waals surface area contributed by atoms with Crippen LogP contribution in [0, 0.1) is 17.8 Å². The summed E-state index contributed by atoms with van der Waals surface area (Å²) in [6.45, 7) is 9.10. The number of amides is 2. The van der Waals surface area contributed by atoms with Crippen LogP contribution in [0.4, 0.5) is 0 Å². The molecule has 0 aromatic carbocycles. The molecule has 0 spiro atoms. The predicted octanol–water partition coefficient (Wildman–Crippen LogP) is 0.511. The van der Waals surface area contributed by atoms with Crippen LogP contribution in [0.15, 0.2) is 0 Å². The van der Waals surface area contributed by atoms with Gasteiger partial charge in [-0.15, -0.1) is 0 Å². The van der Waals surface area contributed by atoms with E-state index >= 15 is 0 Å². The summed E-state index contributed by atoms with van der Waals surface area (Å²) in [5.74, 6) is 1.11. The van der Waals surface area contributed by atoms with Crippen molar-refractivity contribution in [1.29, 1.82) is 0 Å². The summed E-state index contributed by atoms with van der Waals surface area (Å²) in [5, 5.41) is 8.95. The average molecular weight is 269 g/mol. The third-order valence-corrected chi connectivity index (χ3v) is 3.30. The van der Waals surface area contributed by atoms with Gasteiger partial charge >= 0.3 is 0 Å². The Morgan fingerprint density at radius 2 is 2.00 bits per heavy atom. The van der Waals surface area contributed by atoms with E-state index in [1.165, 1.54) is 0 Å². The van der Waals surface area contributed by atoms with Gasteiger partial charge in [-0.25, -0.2) is 0 Å². The topological polar surface area (TPSA) is 70.2 Å². The molecule has 1 fully saturated rings. The Balaban J connectivity index is 2.14. The van der Waals surface area contributed by atoms with Gasteiger partial charge in [0.2, 0.25) is 11.8 Å². The maximum Gasteiger partial charge on any atom is 0.224 e. The molecule has 110 valence electrons. The molecule has 2 amide bonds. The molecule has 0 aromatic heterocycles. The van der Waals surface area contributed by atoms with E-state index in [2.05, 4.69) is 36.7 Å². The van der Waals surface area contributed by atoms with Gasteiger partial charge in [-0.2, -0.15) is 0 Å². The fourth-order valence-electron chi connectivity index (χ4n) is 2.21. The second-order valence-corrected chi connectivity index (χ2v) is 5.93. The van der Waals surface area contributed by atoms with Crippen LogP contribution in [0.5, 0.6) is 0 Å². The standard InChI is InChI=1S/C14H27N3O2/c1-10(2)7-17-13(18)4-5-16-14(19)12-6-11(3)8-15-9-12/h10-12,15H,4-9H2,1-3H3,(H,16,19)(H,17,18). The smallest absolute Gasteiger partial charge is 0.224 e. The number of piperidine rings is 1. The summed E-state index contributed by atoms with van der Waals surface area (Å²) < 4.78 is 0. The molecule has 0 bridgehead atoms. The monoisotopic (exact) mass is 269 g/mol. The van der Waals surface area contributed by atoms with Crippen molar-refractivity contribution in [3.8, 4) is 0 Å². The second-order valence-electron chi connectivity index (χ2n) is 5.93. The first-order valence-corrected chi connectivity index (χ1v) is 7.24. The van der Waals surface area contributed by atoms with Crippen LogP contribution in [-0.2, 0) is 9.59 Å². The van der Waals surface area contributed by atoms with Crippen molar-refractivity contribution in [2.45, 2.75) is 33.6 Å². The third kappa shape index (κ3) is 6.57. The van der Waals surface area contributed by atoms with Crippen LogP contribution < -0.4 is 16.0 Å². The van der Waals surface area contributed by atoms with E-state index in [9.17, 15) is 9.59 Å². The Hall–Kier alpha value is -1.10. The molecule has 2 unspecified atom stereocenters. The number of rotatable bonds is 6. The summed E-state index contributed by atoms with van der Waals surface area (Å²) in [7, 11) is 0. The molecule has 2 atom stereocenters. The Morgan fingerprint density at radius 1 is 1.26 bits per heavy atom. The van der Waals surface area contributed by atoms with Gasteiger partial charge in [-0.05, 0) is 24.8 Å². The second kappa shape index (κ2) is 8.15. The lowest BCUT2D eigenvalue weighted by Crippen LogP contribution is -2.44. The minimum absolute atomic E-state index is 0.00383. The van der Waals surface area contributed by atoms with Crippen molar-refractivity contribution in [3.05, 3.63) is 0 Å². The number of carbonyl (C=O) groups is 2. The molecule has 0 radical (unpaired) electrons. The third-order valence-electron chi connectivity index (χ3n) is 3.30. The molecule has 19 heavy (non-hydrogen) atoms. The van der Waals surface area contributed by atoms with Crippen LogP contribution in [0.1, 0.15) is 33.6 Å². The highest BCUT2D eigenvalue weighted by Gasteiger charge is 2.24. The van der Waals surface area contributed by atoms with Crippen LogP contribution in [0.2, 0.25) is 0 Å². The average Bonchev–Trinajstić information content (AvgIpc) is 2.36. The maximum absolute atomic E-state index is 11.9. The summed E-state index contributed by atoms with van der Waals surface area (Å²) in [6.07, 6.45) is 1.28. The van der Waals surface area contributed by atoms with Gasteiger partial charge in [-0.1, -0.05) is 20.8 Å². The maximum atomic E-state index is 11.9. The predicted molar refractivity (Wildman–Crippen MR) is 75.6 cm³/mol. The van der Waals surface area contributed by atoms with E-state index in [-0.39, 0.29) is 17.7 Å². The number of hydrogen-bond donors (Lipinski definition) is 3. The Kier molecular flexibility index (Phi) is 6.84. The summed E-state index contributed by atoms with van der Waals surface area (Å²) in [6, 6.07) is 0. The lowest BCUT2D eigenvalue weighted by atomic mass is 9.91. The zero-order valence-corrected chi connectivity index (χ0v) is 12.3. The zero-order valence-electron chi connectivity index (χ0n) is 12.3. The first-order chi connectivity index (χ1) is 8.99. The van der Waals surface area contributed by atoms with Gasteiger partial charge in [0, 0.05) is 26.1 Å². The van der Waals surface area contributed by atoms with Gasteiger partial charge < -0.3 is 16.0 Å². The Morgan fingerprint density at radius 3 is 2.63 bits per heavy atom. The first kappa shape index (κ1) is 16.0. The van der Waals surface area contributed by atoms with Gasteiger partial charge in [-0.3, -0.25) is 9.59 Å². The molecule has 1 heterocycles. The first-order valence-electron chi connectivity index (χ1n) is 7.24. The molecule has 5 heteroatoms. The molecule has 5 nitrogen and oxygen atoms in total. The molecular formula is C14H27N3O2. The van der Waals surface area contributed by atoms with E-state index in [0.29, 0.717) is 31.3 Å². The molecule has 1 rings (SSSR count). The van der Waals surface area contributed by atoms with E-state index in [0.717, 1.165) is 19.5 Å². The van der Waals surface area contributed by atoms with Crippen molar-refractivity contribution in [1.82, 2.24) is 16.0 Å². The molecule has 1 saturated heterocycles. The summed E-state index contributed by atoms with van der Waals surface area (Å²) in [5.41, 5.74) is 0. The molecule has 0 aromatic rings. The highest BCUT2D eigenvalue weighted by atomic mass is 16.2. The lowest BCUT2D eigenvalue weighted by molar-refractivity contribution is -0.126. The van der Waals surface area contributed by atoms with Crippen LogP contribution in [0.3, 0.4) is 0 Å². The lowest BCUT2D eigenvalue weighted by Gasteiger charge is -2.26. The fraction of sp³-hybridized carbons (Fsp3) is 0.857. The van der Waals surface area contributed by atoms with Gasteiger partial charge in [0.1, 0.15) is 0 Å². The van der Waals surface area contributed by atoms with E-state index in [1.54, 1.807) is 0 Å². The number of carbonyl (C=O) groups excluding carboxylic acids is 2. The number of hydrogen-bond acceptors (Lipinski definition) is 3. The minimum atomic E-state index is 0.00383. The Labute approximate surface area is 115 Å². The van der Waals surface area contributed by atoms with Crippen molar-refractivity contribution in [3.63, 3.8) is 0 Å². The summed E-state index contributed by atoms with van der Waals surface area (Å²) in [4.78, 5) is 23.4. The minimum Gasteiger partial charge on any atom is -0.356 e. The van der Waals surface area contributed by atoms with Crippen molar-refractivity contribution in [2.24, 2.45) is 17.8 Å². The normalized spacial score (nSPS) is 23.2. The quantitative estimate of drug-likeness (QED) is 0.658. The Bertz CT molecular complexity index is 305. The van der Waals surface area contributed by atoms with Crippen molar-refractivity contribution in [2.75, 3.05) is 26.2 Å². The van der Waals surface area contributed by atoms with Crippen LogP contribution in [-0.4, -0.2) is 38.0 Å². The van der Waals surface area contributed by atoms with E-state index in [1.807, 2.05) is 0 Å². The molecule has 1 aliphatic rings. The zero-order chi connectivity index (χ0) is 14.3. The largest absolute Gasteiger partial charge is 0.356 e. The molecular weight excluding hydrogens is 242 g/mol. The highest BCUT2D eigenvalue weighted by molar-refractivity contribution is 5.80. The summed E-state index contributed by atoms with van der Waals surface area (Å²) >= 11 is 0. The fourth-order valence-corrected chi connectivity index (χ4v) is 2.21. The van der Waals surface area contributed by atoms with Gasteiger partial charge in [0.25, 0.3) is 0 Å². The van der Waals surface area contributed by atoms with Gasteiger partial charge in [0.15, 0.2) is 0 Å². The number of nitrogens with one attached hydrogen (secondary N) is 3.